The fourth-order valence-electron chi connectivity index (χ4n) is 4.41. The molecule has 0 saturated carbocycles. The van der Waals surface area contributed by atoms with Gasteiger partial charge in [0.1, 0.15) is 17.6 Å². The van der Waals surface area contributed by atoms with Crippen molar-refractivity contribution in [3.05, 3.63) is 48.7 Å². The first-order valence-corrected chi connectivity index (χ1v) is 11.3. The molecular weight excluding hydrogens is 477 g/mol. The van der Waals surface area contributed by atoms with Crippen LogP contribution in [0, 0.1) is 0 Å². The van der Waals surface area contributed by atoms with Crippen LogP contribution in [0.2, 0.25) is 0 Å². The number of rotatable bonds is 4. The number of amides is 3. The maximum Gasteiger partial charge on any atom is 0.408 e. The summed E-state index contributed by atoms with van der Waals surface area (Å²) in [7, 11) is 1.85. The first-order chi connectivity index (χ1) is 17.1. The van der Waals surface area contributed by atoms with E-state index in [2.05, 4.69) is 20.3 Å². The zero-order chi connectivity index (χ0) is 25.6. The molecule has 0 aliphatic carbocycles. The Morgan fingerprint density at radius 3 is 2.75 bits per heavy atom. The summed E-state index contributed by atoms with van der Waals surface area (Å²) in [4.78, 5) is 42.1. The van der Waals surface area contributed by atoms with Gasteiger partial charge in [-0.05, 0) is 37.6 Å². The van der Waals surface area contributed by atoms with Gasteiger partial charge in [-0.25, -0.2) is 19.7 Å². The minimum absolute atomic E-state index is 0.207. The summed E-state index contributed by atoms with van der Waals surface area (Å²) < 4.78 is 40.6. The molecule has 13 heteroatoms. The summed E-state index contributed by atoms with van der Waals surface area (Å²) in [6, 6.07) is 3.75. The van der Waals surface area contributed by atoms with Gasteiger partial charge in [-0.15, -0.1) is 0 Å². The largest absolute Gasteiger partial charge is 0.408 e. The third-order valence-corrected chi connectivity index (χ3v) is 6.35. The SMILES string of the molecule is C[C@@H](NC(=O)c1ccc2c(n1)N(C(=O)Nc1cc(-c3cncn3C)ccn1)[C@H]1CCN2C1)C(F)(F)F. The van der Waals surface area contributed by atoms with Crippen molar-refractivity contribution in [2.24, 2.45) is 7.05 Å². The third-order valence-electron chi connectivity index (χ3n) is 6.35. The molecular formula is C23H23F3N8O2. The number of alkyl halides is 3. The van der Waals surface area contributed by atoms with Gasteiger partial charge in [-0.2, -0.15) is 13.2 Å². The van der Waals surface area contributed by atoms with Crippen molar-refractivity contribution in [3.63, 3.8) is 0 Å². The van der Waals surface area contributed by atoms with Crippen molar-refractivity contribution in [1.82, 2.24) is 24.8 Å². The highest BCUT2D eigenvalue weighted by Gasteiger charge is 2.41. The lowest BCUT2D eigenvalue weighted by Gasteiger charge is -2.35. The zero-order valence-corrected chi connectivity index (χ0v) is 19.5. The van der Waals surface area contributed by atoms with E-state index in [1.807, 2.05) is 21.8 Å². The number of aromatic nitrogens is 4. The van der Waals surface area contributed by atoms with Gasteiger partial charge in [0.25, 0.3) is 5.91 Å². The molecule has 2 aliphatic rings. The van der Waals surface area contributed by atoms with Crippen molar-refractivity contribution in [2.45, 2.75) is 31.6 Å². The smallest absolute Gasteiger partial charge is 0.366 e. The number of aryl methyl sites for hydroxylation is 1. The highest BCUT2D eigenvalue weighted by molar-refractivity contribution is 6.05. The number of anilines is 3. The van der Waals surface area contributed by atoms with Crippen LogP contribution < -0.4 is 20.4 Å². The van der Waals surface area contributed by atoms with Gasteiger partial charge in [0.2, 0.25) is 0 Å². The fraction of sp³-hybridized carbons (Fsp3) is 0.348. The van der Waals surface area contributed by atoms with E-state index in [1.165, 1.54) is 11.0 Å². The van der Waals surface area contributed by atoms with Gasteiger partial charge in [0, 0.05) is 31.9 Å². The summed E-state index contributed by atoms with van der Waals surface area (Å²) in [5.41, 5.74) is 2.08. The molecule has 2 bridgehead atoms. The van der Waals surface area contributed by atoms with Crippen LogP contribution in [-0.4, -0.2) is 62.8 Å². The van der Waals surface area contributed by atoms with Gasteiger partial charge in [-0.3, -0.25) is 15.0 Å². The van der Waals surface area contributed by atoms with Crippen molar-refractivity contribution in [2.75, 3.05) is 28.2 Å². The molecule has 0 spiro atoms. The van der Waals surface area contributed by atoms with Crippen LogP contribution in [0.25, 0.3) is 11.3 Å². The minimum Gasteiger partial charge on any atom is -0.366 e. The van der Waals surface area contributed by atoms with Gasteiger partial charge in [0.15, 0.2) is 5.82 Å². The number of hydrogen-bond acceptors (Lipinski definition) is 6. The molecule has 2 N–H and O–H groups in total. The Morgan fingerprint density at radius 2 is 2.03 bits per heavy atom. The van der Waals surface area contributed by atoms with Crippen LogP contribution in [0.3, 0.4) is 0 Å². The number of nitrogens with one attached hydrogen (secondary N) is 2. The fourth-order valence-corrected chi connectivity index (χ4v) is 4.41. The van der Waals surface area contributed by atoms with Gasteiger partial charge >= 0.3 is 12.2 Å². The lowest BCUT2D eigenvalue weighted by Crippen LogP contribution is -2.49. The van der Waals surface area contributed by atoms with E-state index >= 15 is 0 Å². The summed E-state index contributed by atoms with van der Waals surface area (Å²) in [5.74, 6) is -0.439. The number of nitrogens with zero attached hydrogens (tertiary/aromatic N) is 6. The van der Waals surface area contributed by atoms with E-state index in [0.29, 0.717) is 31.0 Å². The molecule has 2 atom stereocenters. The minimum atomic E-state index is -4.59. The molecule has 36 heavy (non-hydrogen) atoms. The maximum atomic E-state index is 13.4. The molecule has 5 rings (SSSR count). The lowest BCUT2D eigenvalue weighted by atomic mass is 10.1. The molecule has 3 amide bonds. The molecule has 5 heterocycles. The second-order valence-electron chi connectivity index (χ2n) is 8.78. The predicted molar refractivity (Wildman–Crippen MR) is 126 cm³/mol. The highest BCUT2D eigenvalue weighted by atomic mass is 19.4. The van der Waals surface area contributed by atoms with Crippen LogP contribution in [0.5, 0.6) is 0 Å². The van der Waals surface area contributed by atoms with Crippen molar-refractivity contribution in [1.29, 1.82) is 0 Å². The van der Waals surface area contributed by atoms with Crippen LogP contribution in [0.15, 0.2) is 43.0 Å². The molecule has 0 aromatic carbocycles. The van der Waals surface area contributed by atoms with Gasteiger partial charge in [-0.1, -0.05) is 0 Å². The summed E-state index contributed by atoms with van der Waals surface area (Å²) in [6.07, 6.45) is 1.03. The van der Waals surface area contributed by atoms with Crippen LogP contribution >= 0.6 is 0 Å². The van der Waals surface area contributed by atoms with Crippen molar-refractivity contribution < 1.29 is 22.8 Å². The Morgan fingerprint density at radius 1 is 1.22 bits per heavy atom. The van der Waals surface area contributed by atoms with E-state index in [1.54, 1.807) is 36.9 Å². The van der Waals surface area contributed by atoms with Gasteiger partial charge < -0.3 is 14.8 Å². The summed E-state index contributed by atoms with van der Waals surface area (Å²) in [6.45, 7) is 2.13. The average Bonchev–Trinajstić information content (AvgIpc) is 3.45. The quantitative estimate of drug-likeness (QED) is 0.570. The summed E-state index contributed by atoms with van der Waals surface area (Å²) >= 11 is 0. The molecule has 0 unspecified atom stereocenters. The number of pyridine rings is 2. The zero-order valence-electron chi connectivity index (χ0n) is 19.5. The molecule has 2 aliphatic heterocycles. The van der Waals surface area contributed by atoms with Crippen LogP contribution in [0.1, 0.15) is 23.8 Å². The molecule has 1 saturated heterocycles. The van der Waals surface area contributed by atoms with E-state index < -0.39 is 24.2 Å². The average molecular weight is 500 g/mol. The molecule has 10 nitrogen and oxygen atoms in total. The standard InChI is InChI=1S/C23H23F3N8O2/c1-13(23(24,25)26)29-21(35)16-3-4-17-20(30-16)34(15-6-8-33(17)11-15)22(36)31-19-9-14(5-7-28-19)18-10-27-12-32(18)2/h3-5,7,9-10,12-13,15H,6,8,11H2,1-2H3,(H,29,35)(H,28,31,36)/t13-,15+/m1/s1. The highest BCUT2D eigenvalue weighted by Crippen LogP contribution is 2.39. The first kappa shape index (κ1) is 23.6. The van der Waals surface area contributed by atoms with Crippen LogP contribution in [0.4, 0.5) is 35.3 Å². The Hall–Kier alpha value is -4.16. The van der Waals surface area contributed by atoms with Gasteiger partial charge in [0.05, 0.1) is 29.9 Å². The Balaban J connectivity index is 1.42. The molecule has 3 aromatic rings. The second-order valence-corrected chi connectivity index (χ2v) is 8.78. The number of urea groups is 1. The maximum absolute atomic E-state index is 13.4. The third kappa shape index (κ3) is 4.32. The van der Waals surface area contributed by atoms with E-state index in [9.17, 15) is 22.8 Å². The molecule has 188 valence electrons. The topological polar surface area (TPSA) is 108 Å². The number of halogens is 3. The van der Waals surface area contributed by atoms with Crippen molar-refractivity contribution >= 4 is 29.3 Å². The Bertz CT molecular complexity index is 1320. The monoisotopic (exact) mass is 500 g/mol. The Labute approximate surface area is 204 Å². The van der Waals surface area contributed by atoms with E-state index in [0.717, 1.165) is 18.2 Å². The number of imidazole rings is 1. The number of carbonyl (C=O) groups is 2. The van der Waals surface area contributed by atoms with Crippen LogP contribution in [-0.2, 0) is 7.05 Å². The predicted octanol–water partition coefficient (Wildman–Crippen LogP) is 3.19. The van der Waals surface area contributed by atoms with E-state index in [4.69, 9.17) is 0 Å². The number of carbonyl (C=O) groups excluding carboxylic acids is 2. The Kier molecular flexibility index (Phi) is 5.77. The van der Waals surface area contributed by atoms with E-state index in [-0.39, 0.29) is 17.6 Å². The normalized spacial score (nSPS) is 17.5. The summed E-state index contributed by atoms with van der Waals surface area (Å²) in [5, 5.41) is 4.71. The first-order valence-electron chi connectivity index (χ1n) is 11.3. The molecule has 3 aromatic heterocycles. The molecule has 0 radical (unpaired) electrons. The van der Waals surface area contributed by atoms with Crippen molar-refractivity contribution in [3.8, 4) is 11.3 Å². The molecule has 1 fully saturated rings. The second kappa shape index (κ2) is 8.81. The lowest BCUT2D eigenvalue weighted by molar-refractivity contribution is -0.149. The number of fused-ring (bicyclic) bond motifs is 4. The number of hydrogen-bond donors (Lipinski definition) is 2.